The van der Waals surface area contributed by atoms with E-state index < -0.39 is 0 Å². The van der Waals surface area contributed by atoms with Crippen LogP contribution < -0.4 is 5.32 Å². The van der Waals surface area contributed by atoms with E-state index in [0.29, 0.717) is 0 Å². The largest absolute Gasteiger partial charge is 0.309 e. The molecule has 0 heterocycles. The summed E-state index contributed by atoms with van der Waals surface area (Å²) in [5.74, 6) is 0.162. The second kappa shape index (κ2) is 7.20. The molecule has 3 heteroatoms. The lowest BCUT2D eigenvalue weighted by atomic mass is 10.1. The van der Waals surface area contributed by atoms with Crippen molar-refractivity contribution in [1.82, 2.24) is 10.2 Å². The third kappa shape index (κ3) is 5.11. The van der Waals surface area contributed by atoms with Gasteiger partial charge in [-0.05, 0) is 40.5 Å². The molecule has 17 heavy (non-hydrogen) atoms. The first-order valence-corrected chi connectivity index (χ1v) is 6.08. The smallest absolute Gasteiger partial charge is 0.179 e. The topological polar surface area (TPSA) is 32.3 Å². The number of hydrogen-bond donors (Lipinski definition) is 1. The van der Waals surface area contributed by atoms with Crippen molar-refractivity contribution in [3.8, 4) is 0 Å². The van der Waals surface area contributed by atoms with Gasteiger partial charge in [0.25, 0.3) is 0 Å². The van der Waals surface area contributed by atoms with E-state index in [9.17, 15) is 4.79 Å². The summed E-state index contributed by atoms with van der Waals surface area (Å²) in [4.78, 5) is 14.1. The molecule has 3 nitrogen and oxygen atoms in total. The van der Waals surface area contributed by atoms with Crippen molar-refractivity contribution in [2.45, 2.75) is 19.4 Å². The summed E-state index contributed by atoms with van der Waals surface area (Å²) in [6, 6.07) is 9.32. The molecule has 0 fully saturated rings. The van der Waals surface area contributed by atoms with Crippen molar-refractivity contribution in [2.75, 3.05) is 27.2 Å². The Morgan fingerprint density at radius 1 is 1.29 bits per heavy atom. The molecule has 0 aromatic heterocycles. The predicted octanol–water partition coefficient (Wildman–Crippen LogP) is 1.80. The zero-order valence-corrected chi connectivity index (χ0v) is 10.9. The van der Waals surface area contributed by atoms with E-state index in [2.05, 4.69) is 24.3 Å². The Hall–Kier alpha value is -1.19. The molecule has 0 aliphatic rings. The third-order valence-electron chi connectivity index (χ3n) is 2.68. The fraction of sp³-hybridized carbons (Fsp3) is 0.500. The van der Waals surface area contributed by atoms with Crippen molar-refractivity contribution >= 4 is 5.78 Å². The van der Waals surface area contributed by atoms with Crippen molar-refractivity contribution in [2.24, 2.45) is 0 Å². The summed E-state index contributed by atoms with van der Waals surface area (Å²) < 4.78 is 0. The number of ketones is 1. The minimum atomic E-state index is -0.112. The number of rotatable bonds is 7. The maximum atomic E-state index is 12.0. The predicted molar refractivity (Wildman–Crippen MR) is 71.4 cm³/mol. The number of benzene rings is 1. The van der Waals surface area contributed by atoms with Crippen LogP contribution in [-0.2, 0) is 0 Å². The van der Waals surface area contributed by atoms with E-state index >= 15 is 0 Å². The van der Waals surface area contributed by atoms with Gasteiger partial charge >= 0.3 is 0 Å². The molecular formula is C14H22N2O. The van der Waals surface area contributed by atoms with Crippen LogP contribution in [0.25, 0.3) is 0 Å². The normalized spacial score (nSPS) is 12.7. The summed E-state index contributed by atoms with van der Waals surface area (Å²) >= 11 is 0. The van der Waals surface area contributed by atoms with Crippen molar-refractivity contribution < 1.29 is 4.79 Å². The number of carbonyl (C=O) groups excluding carboxylic acids is 1. The molecule has 0 aliphatic heterocycles. The highest BCUT2D eigenvalue weighted by atomic mass is 16.1. The fourth-order valence-corrected chi connectivity index (χ4v) is 1.66. The summed E-state index contributed by atoms with van der Waals surface area (Å²) in [6.45, 7) is 3.84. The summed E-state index contributed by atoms with van der Waals surface area (Å²) in [5.41, 5.74) is 0.778. The molecule has 1 unspecified atom stereocenters. The van der Waals surface area contributed by atoms with E-state index in [4.69, 9.17) is 0 Å². The average Bonchev–Trinajstić information content (AvgIpc) is 2.34. The molecule has 1 aromatic carbocycles. The van der Waals surface area contributed by atoms with Gasteiger partial charge in [-0.25, -0.2) is 0 Å². The Morgan fingerprint density at radius 3 is 2.53 bits per heavy atom. The van der Waals surface area contributed by atoms with Crippen molar-refractivity contribution in [3.63, 3.8) is 0 Å². The van der Waals surface area contributed by atoms with Gasteiger partial charge in [0.2, 0.25) is 0 Å². The number of nitrogens with zero attached hydrogens (tertiary/aromatic N) is 1. The Balaban J connectivity index is 2.33. The van der Waals surface area contributed by atoms with Gasteiger partial charge in [-0.1, -0.05) is 30.3 Å². The van der Waals surface area contributed by atoms with Gasteiger partial charge in [0.05, 0.1) is 6.04 Å². The van der Waals surface area contributed by atoms with Gasteiger partial charge in [0, 0.05) is 5.56 Å². The molecule has 0 spiro atoms. The molecule has 1 aromatic rings. The molecule has 0 aliphatic carbocycles. The Morgan fingerprint density at radius 2 is 1.94 bits per heavy atom. The van der Waals surface area contributed by atoms with Crippen LogP contribution in [0.2, 0.25) is 0 Å². The molecule has 1 rings (SSSR count). The Kier molecular flexibility index (Phi) is 5.87. The molecule has 1 atom stereocenters. The Bertz CT molecular complexity index is 335. The van der Waals surface area contributed by atoms with Gasteiger partial charge in [-0.15, -0.1) is 0 Å². The van der Waals surface area contributed by atoms with E-state index in [1.165, 1.54) is 0 Å². The highest BCUT2D eigenvalue weighted by molar-refractivity contribution is 5.99. The summed E-state index contributed by atoms with van der Waals surface area (Å²) in [5, 5.41) is 3.26. The molecule has 0 saturated heterocycles. The molecule has 0 saturated carbocycles. The van der Waals surface area contributed by atoms with Crippen LogP contribution in [-0.4, -0.2) is 43.9 Å². The standard InChI is InChI=1S/C14H22N2O/c1-12(15-10-7-11-16(2)3)14(17)13-8-5-4-6-9-13/h4-6,8-9,12,15H,7,10-11H2,1-3H3. The van der Waals surface area contributed by atoms with E-state index in [-0.39, 0.29) is 11.8 Å². The number of carbonyl (C=O) groups is 1. The maximum absolute atomic E-state index is 12.0. The van der Waals surface area contributed by atoms with Gasteiger partial charge in [0.1, 0.15) is 0 Å². The minimum absolute atomic E-state index is 0.112. The molecule has 0 amide bonds. The first-order chi connectivity index (χ1) is 8.11. The molecule has 1 N–H and O–H groups in total. The lowest BCUT2D eigenvalue weighted by Gasteiger charge is -2.14. The zero-order valence-electron chi connectivity index (χ0n) is 10.9. The van der Waals surface area contributed by atoms with Gasteiger partial charge < -0.3 is 10.2 Å². The van der Waals surface area contributed by atoms with Crippen LogP contribution in [0.1, 0.15) is 23.7 Å². The van der Waals surface area contributed by atoms with Gasteiger partial charge in [-0.3, -0.25) is 4.79 Å². The maximum Gasteiger partial charge on any atom is 0.179 e. The first kappa shape index (κ1) is 13.9. The molecular weight excluding hydrogens is 212 g/mol. The lowest BCUT2D eigenvalue weighted by molar-refractivity contribution is 0.0951. The summed E-state index contributed by atoms with van der Waals surface area (Å²) in [6.07, 6.45) is 1.05. The number of nitrogens with one attached hydrogen (secondary N) is 1. The Labute approximate surface area is 104 Å². The molecule has 0 radical (unpaired) electrons. The average molecular weight is 234 g/mol. The van der Waals surface area contributed by atoms with Gasteiger partial charge in [-0.2, -0.15) is 0 Å². The minimum Gasteiger partial charge on any atom is -0.309 e. The highest BCUT2D eigenvalue weighted by Gasteiger charge is 2.13. The monoisotopic (exact) mass is 234 g/mol. The second-order valence-corrected chi connectivity index (χ2v) is 4.56. The van der Waals surface area contributed by atoms with Crippen molar-refractivity contribution in [1.29, 1.82) is 0 Å². The first-order valence-electron chi connectivity index (χ1n) is 6.08. The number of Topliss-reactive ketones (excluding diaryl/α,β-unsaturated/α-hetero) is 1. The van der Waals surface area contributed by atoms with E-state index in [1.807, 2.05) is 37.3 Å². The highest BCUT2D eigenvalue weighted by Crippen LogP contribution is 2.03. The summed E-state index contributed by atoms with van der Waals surface area (Å²) in [7, 11) is 4.11. The van der Waals surface area contributed by atoms with Crippen LogP contribution in [0.3, 0.4) is 0 Å². The lowest BCUT2D eigenvalue weighted by Crippen LogP contribution is -2.35. The quantitative estimate of drug-likeness (QED) is 0.577. The third-order valence-corrected chi connectivity index (χ3v) is 2.68. The van der Waals surface area contributed by atoms with Crippen LogP contribution in [0, 0.1) is 0 Å². The fourth-order valence-electron chi connectivity index (χ4n) is 1.66. The van der Waals surface area contributed by atoms with Crippen molar-refractivity contribution in [3.05, 3.63) is 35.9 Å². The van der Waals surface area contributed by atoms with E-state index in [0.717, 1.165) is 25.1 Å². The zero-order chi connectivity index (χ0) is 12.7. The number of hydrogen-bond acceptors (Lipinski definition) is 3. The van der Waals surface area contributed by atoms with Crippen LogP contribution >= 0.6 is 0 Å². The molecule has 94 valence electrons. The van der Waals surface area contributed by atoms with Gasteiger partial charge in [0.15, 0.2) is 5.78 Å². The van der Waals surface area contributed by atoms with E-state index in [1.54, 1.807) is 0 Å². The second-order valence-electron chi connectivity index (χ2n) is 4.56. The van der Waals surface area contributed by atoms with Crippen LogP contribution in [0.15, 0.2) is 30.3 Å². The van der Waals surface area contributed by atoms with Crippen LogP contribution in [0.5, 0.6) is 0 Å². The SMILES string of the molecule is CC(NCCCN(C)C)C(=O)c1ccccc1. The molecule has 0 bridgehead atoms. The van der Waals surface area contributed by atoms with Crippen LogP contribution in [0.4, 0.5) is 0 Å².